The molecule has 0 bridgehead atoms. The van der Waals surface area contributed by atoms with Gasteiger partial charge in [0.05, 0.1) is 18.1 Å². The zero-order valence-corrected chi connectivity index (χ0v) is 8.48. The number of nitrogens with zero attached hydrogens (tertiary/aromatic N) is 1. The number of alkyl halides is 3. The lowest BCUT2D eigenvalue weighted by Crippen LogP contribution is -2.12. The maximum Gasteiger partial charge on any atom is 0.393 e. The Balaban J connectivity index is 3.05. The molecule has 5 heteroatoms. The molecular weight excluding hydrogens is 259 g/mol. The molecule has 0 spiro atoms. The smallest absolute Gasteiger partial charge is 0.192 e. The maximum atomic E-state index is 12.0. The summed E-state index contributed by atoms with van der Waals surface area (Å²) in [6, 6.07) is 5.89. The Kier molecular flexibility index (Phi) is 3.17. The van der Waals surface area contributed by atoms with Crippen molar-refractivity contribution in [1.82, 2.24) is 0 Å². The molecule has 1 rings (SSSR count). The summed E-state index contributed by atoms with van der Waals surface area (Å²) in [6.45, 7) is 0. The molecule has 1 aromatic rings. The van der Waals surface area contributed by atoms with Gasteiger partial charge in [-0.15, -0.1) is 0 Å². The van der Waals surface area contributed by atoms with Gasteiger partial charge in [0.2, 0.25) is 0 Å². The zero-order valence-electron chi connectivity index (χ0n) is 6.90. The van der Waals surface area contributed by atoms with Crippen LogP contribution in [0.5, 0.6) is 0 Å². The molecule has 0 fully saturated rings. The van der Waals surface area contributed by atoms with Crippen LogP contribution < -0.4 is 0 Å². The lowest BCUT2D eigenvalue weighted by atomic mass is 10.1. The van der Waals surface area contributed by atoms with Crippen molar-refractivity contribution in [2.45, 2.75) is 12.6 Å². The van der Waals surface area contributed by atoms with E-state index in [4.69, 9.17) is 5.26 Å². The highest BCUT2D eigenvalue weighted by atomic mass is 79.9. The van der Waals surface area contributed by atoms with Crippen LogP contribution in [0.1, 0.15) is 11.1 Å². The van der Waals surface area contributed by atoms with E-state index in [1.807, 2.05) is 0 Å². The number of hydrogen-bond donors (Lipinski definition) is 0. The van der Waals surface area contributed by atoms with Gasteiger partial charge in [0, 0.05) is 4.47 Å². The number of halogens is 4. The second kappa shape index (κ2) is 4.01. The van der Waals surface area contributed by atoms with Crippen LogP contribution in [0.15, 0.2) is 22.7 Å². The van der Waals surface area contributed by atoms with Crippen molar-refractivity contribution in [2.24, 2.45) is 0 Å². The van der Waals surface area contributed by atoms with E-state index < -0.39 is 12.6 Å². The predicted octanol–water partition coefficient (Wildman–Crippen LogP) is 3.43. The average molecular weight is 264 g/mol. The van der Waals surface area contributed by atoms with Gasteiger partial charge in [-0.2, -0.15) is 18.4 Å². The largest absolute Gasteiger partial charge is 0.393 e. The molecule has 0 aromatic heterocycles. The highest BCUT2D eigenvalue weighted by Crippen LogP contribution is 2.24. The van der Waals surface area contributed by atoms with E-state index in [1.165, 1.54) is 18.2 Å². The van der Waals surface area contributed by atoms with Crippen molar-refractivity contribution < 1.29 is 13.2 Å². The van der Waals surface area contributed by atoms with Crippen molar-refractivity contribution in [3.63, 3.8) is 0 Å². The summed E-state index contributed by atoms with van der Waals surface area (Å²) in [5.74, 6) is 0. The van der Waals surface area contributed by atoms with Gasteiger partial charge in [-0.05, 0) is 17.7 Å². The molecule has 0 heterocycles. The quantitative estimate of drug-likeness (QED) is 0.762. The van der Waals surface area contributed by atoms with Crippen LogP contribution in [0, 0.1) is 11.3 Å². The van der Waals surface area contributed by atoms with Crippen LogP contribution in [0.25, 0.3) is 0 Å². The molecule has 0 aliphatic heterocycles. The van der Waals surface area contributed by atoms with E-state index >= 15 is 0 Å². The van der Waals surface area contributed by atoms with Crippen molar-refractivity contribution in [3.8, 4) is 6.07 Å². The minimum atomic E-state index is -4.28. The maximum absolute atomic E-state index is 12.0. The summed E-state index contributed by atoms with van der Waals surface area (Å²) in [5.41, 5.74) is 0.0555. The molecule has 0 saturated carbocycles. The topological polar surface area (TPSA) is 23.8 Å². The Morgan fingerprint density at radius 2 is 2.00 bits per heavy atom. The van der Waals surface area contributed by atoms with Gasteiger partial charge < -0.3 is 0 Å². The Labute approximate surface area is 87.3 Å². The molecule has 1 aromatic carbocycles. The van der Waals surface area contributed by atoms with Gasteiger partial charge in [0.15, 0.2) is 0 Å². The van der Waals surface area contributed by atoms with E-state index in [1.54, 1.807) is 6.07 Å². The second-order valence-corrected chi connectivity index (χ2v) is 3.62. The zero-order chi connectivity index (χ0) is 10.8. The van der Waals surface area contributed by atoms with Crippen LogP contribution in [-0.4, -0.2) is 6.18 Å². The van der Waals surface area contributed by atoms with Gasteiger partial charge in [0.1, 0.15) is 0 Å². The molecule has 0 aliphatic rings. The monoisotopic (exact) mass is 263 g/mol. The molecule has 0 N–H and O–H groups in total. The second-order valence-electron chi connectivity index (χ2n) is 2.71. The molecule has 0 atom stereocenters. The van der Waals surface area contributed by atoms with Crippen LogP contribution in [0.4, 0.5) is 13.2 Å². The fraction of sp³-hybridized carbons (Fsp3) is 0.222. The summed E-state index contributed by atoms with van der Waals surface area (Å²) in [6.07, 6.45) is -5.34. The Morgan fingerprint density at radius 1 is 1.36 bits per heavy atom. The minimum absolute atomic E-state index is 0.00296. The van der Waals surface area contributed by atoms with Crippen LogP contribution in [-0.2, 0) is 6.42 Å². The van der Waals surface area contributed by atoms with Gasteiger partial charge in [0.25, 0.3) is 0 Å². The molecule has 0 amide bonds. The van der Waals surface area contributed by atoms with E-state index in [-0.39, 0.29) is 11.1 Å². The van der Waals surface area contributed by atoms with E-state index in [9.17, 15) is 13.2 Å². The van der Waals surface area contributed by atoms with E-state index in [2.05, 4.69) is 15.9 Å². The first-order valence-corrected chi connectivity index (χ1v) is 4.47. The summed E-state index contributed by atoms with van der Waals surface area (Å²) in [7, 11) is 0. The van der Waals surface area contributed by atoms with Gasteiger partial charge >= 0.3 is 6.18 Å². The molecule has 0 saturated heterocycles. The van der Waals surface area contributed by atoms with Crippen molar-refractivity contribution in [1.29, 1.82) is 5.26 Å². The molecule has 74 valence electrons. The summed E-state index contributed by atoms with van der Waals surface area (Å²) in [5, 5.41) is 8.60. The number of rotatable bonds is 1. The predicted molar refractivity (Wildman–Crippen MR) is 48.6 cm³/mol. The van der Waals surface area contributed by atoms with Gasteiger partial charge in [-0.3, -0.25) is 0 Å². The van der Waals surface area contributed by atoms with Crippen LogP contribution in [0.3, 0.4) is 0 Å². The summed E-state index contributed by atoms with van der Waals surface area (Å²) >= 11 is 3.08. The highest BCUT2D eigenvalue weighted by Gasteiger charge is 2.28. The van der Waals surface area contributed by atoms with Crippen LogP contribution >= 0.6 is 15.9 Å². The van der Waals surface area contributed by atoms with Crippen molar-refractivity contribution in [3.05, 3.63) is 33.8 Å². The fourth-order valence-corrected chi connectivity index (χ4v) is 1.38. The lowest BCUT2D eigenvalue weighted by Gasteiger charge is -2.07. The normalized spacial score (nSPS) is 11.1. The average Bonchev–Trinajstić information content (AvgIpc) is 2.06. The molecule has 0 radical (unpaired) electrons. The van der Waals surface area contributed by atoms with Gasteiger partial charge in [-0.25, -0.2) is 0 Å². The van der Waals surface area contributed by atoms with E-state index in [0.717, 1.165) is 0 Å². The van der Waals surface area contributed by atoms with E-state index in [0.29, 0.717) is 4.47 Å². The third-order valence-electron chi connectivity index (χ3n) is 1.58. The van der Waals surface area contributed by atoms with Crippen molar-refractivity contribution in [2.75, 3.05) is 0 Å². The molecular formula is C9H5BrF3N. The summed E-state index contributed by atoms with van der Waals surface area (Å²) < 4.78 is 36.7. The first-order valence-electron chi connectivity index (χ1n) is 3.67. The molecule has 0 aliphatic carbocycles. The Hall–Kier alpha value is -1.02. The third-order valence-corrected chi connectivity index (χ3v) is 2.08. The molecule has 14 heavy (non-hydrogen) atoms. The number of hydrogen-bond acceptors (Lipinski definition) is 1. The SMILES string of the molecule is N#Cc1cc(Br)ccc1CC(F)(F)F. The summed E-state index contributed by atoms with van der Waals surface area (Å²) in [4.78, 5) is 0. The number of benzene rings is 1. The highest BCUT2D eigenvalue weighted by molar-refractivity contribution is 9.10. The first kappa shape index (κ1) is 11.1. The number of nitriles is 1. The Bertz CT molecular complexity index is 379. The van der Waals surface area contributed by atoms with Crippen LogP contribution in [0.2, 0.25) is 0 Å². The van der Waals surface area contributed by atoms with Gasteiger partial charge in [-0.1, -0.05) is 22.0 Å². The molecule has 0 unspecified atom stereocenters. The standard InChI is InChI=1S/C9H5BrF3N/c10-8-2-1-6(4-9(11,12)13)7(3-8)5-14/h1-3H,4H2. The first-order chi connectivity index (χ1) is 6.42. The fourth-order valence-electron chi connectivity index (χ4n) is 1.02. The third kappa shape index (κ3) is 3.04. The minimum Gasteiger partial charge on any atom is -0.192 e. The van der Waals surface area contributed by atoms with Crippen molar-refractivity contribution >= 4 is 15.9 Å². The lowest BCUT2D eigenvalue weighted by molar-refractivity contribution is -0.127. The molecule has 1 nitrogen and oxygen atoms in total. The Morgan fingerprint density at radius 3 is 2.50 bits per heavy atom.